The second-order valence-corrected chi connectivity index (χ2v) is 6.72. The standard InChI is InChI=1S/C11H20O2.C10H18O3/c1-3-4-7-10(2)13-11-8-5-6-9-12-11;1-9(5-4-7-11)13-10-6-2-3-8-12-10/h4,7,10-11H,3,5-6,8-9H2,1-2H3;4-5,9-11H,2-3,6-8H2,1H3/b7-4-;5-4-/t10-,11?;9-,10?/m00/s1. The summed E-state index contributed by atoms with van der Waals surface area (Å²) in [7, 11) is 0. The van der Waals surface area contributed by atoms with Crippen molar-refractivity contribution < 1.29 is 24.1 Å². The third kappa shape index (κ3) is 11.8. The summed E-state index contributed by atoms with van der Waals surface area (Å²) < 4.78 is 22.1. The second-order valence-electron chi connectivity index (χ2n) is 6.72. The van der Waals surface area contributed by atoms with E-state index in [9.17, 15) is 0 Å². The summed E-state index contributed by atoms with van der Waals surface area (Å²) in [5.41, 5.74) is 0. The van der Waals surface area contributed by atoms with Gasteiger partial charge in [0.15, 0.2) is 12.6 Å². The lowest BCUT2D eigenvalue weighted by Crippen LogP contribution is -2.25. The van der Waals surface area contributed by atoms with Crippen LogP contribution in [0.25, 0.3) is 0 Å². The summed E-state index contributed by atoms with van der Waals surface area (Å²) >= 11 is 0. The monoisotopic (exact) mass is 370 g/mol. The molecule has 2 unspecified atom stereocenters. The fourth-order valence-electron chi connectivity index (χ4n) is 2.79. The van der Waals surface area contributed by atoms with Crippen LogP contribution in [-0.4, -0.2) is 49.7 Å². The highest BCUT2D eigenvalue weighted by Gasteiger charge is 2.16. The Kier molecular flexibility index (Phi) is 13.8. The van der Waals surface area contributed by atoms with Gasteiger partial charge in [-0.15, -0.1) is 0 Å². The molecule has 2 rings (SSSR count). The van der Waals surface area contributed by atoms with E-state index in [1.807, 2.05) is 13.0 Å². The molecule has 152 valence electrons. The number of allylic oxidation sites excluding steroid dienone is 1. The first kappa shape index (κ1) is 23.3. The fourth-order valence-corrected chi connectivity index (χ4v) is 2.79. The molecule has 0 spiro atoms. The van der Waals surface area contributed by atoms with Crippen LogP contribution in [0.15, 0.2) is 24.3 Å². The fraction of sp³-hybridized carbons (Fsp3) is 0.810. The van der Waals surface area contributed by atoms with Crippen molar-refractivity contribution in [3.05, 3.63) is 24.3 Å². The third-order valence-corrected chi connectivity index (χ3v) is 4.16. The average molecular weight is 371 g/mol. The Morgan fingerprint density at radius 2 is 1.38 bits per heavy atom. The zero-order valence-corrected chi connectivity index (χ0v) is 16.8. The minimum absolute atomic E-state index is 0.0234. The van der Waals surface area contributed by atoms with Crippen LogP contribution in [0, 0.1) is 0 Å². The molecule has 4 atom stereocenters. The first-order valence-corrected chi connectivity index (χ1v) is 10.1. The van der Waals surface area contributed by atoms with Gasteiger partial charge in [0.25, 0.3) is 0 Å². The van der Waals surface area contributed by atoms with Gasteiger partial charge in [0, 0.05) is 13.2 Å². The van der Waals surface area contributed by atoms with Crippen LogP contribution < -0.4 is 0 Å². The van der Waals surface area contributed by atoms with E-state index in [1.165, 1.54) is 19.3 Å². The topological polar surface area (TPSA) is 57.2 Å². The van der Waals surface area contributed by atoms with E-state index < -0.39 is 0 Å². The Hall–Kier alpha value is -0.720. The maximum atomic E-state index is 8.55. The number of ether oxygens (including phenoxy) is 4. The summed E-state index contributed by atoms with van der Waals surface area (Å²) in [4.78, 5) is 0. The van der Waals surface area contributed by atoms with Crippen LogP contribution >= 0.6 is 0 Å². The van der Waals surface area contributed by atoms with Crippen molar-refractivity contribution in [1.82, 2.24) is 0 Å². The molecule has 0 aromatic heterocycles. The van der Waals surface area contributed by atoms with E-state index in [4.69, 9.17) is 24.1 Å². The van der Waals surface area contributed by atoms with E-state index in [0.717, 1.165) is 38.9 Å². The summed E-state index contributed by atoms with van der Waals surface area (Å²) in [5.74, 6) is 0. The number of aliphatic hydroxyl groups excluding tert-OH is 1. The van der Waals surface area contributed by atoms with Crippen molar-refractivity contribution in [3.63, 3.8) is 0 Å². The van der Waals surface area contributed by atoms with Crippen LogP contribution in [0.5, 0.6) is 0 Å². The first-order valence-electron chi connectivity index (χ1n) is 10.1. The Labute approximate surface area is 159 Å². The number of rotatable bonds is 8. The number of aliphatic hydroxyl groups is 1. The molecule has 0 aromatic rings. The minimum atomic E-state index is -0.0490. The molecule has 2 heterocycles. The molecular weight excluding hydrogens is 332 g/mol. The van der Waals surface area contributed by atoms with E-state index in [1.54, 1.807) is 6.08 Å². The van der Waals surface area contributed by atoms with Crippen molar-refractivity contribution >= 4 is 0 Å². The highest BCUT2D eigenvalue weighted by Crippen LogP contribution is 2.16. The smallest absolute Gasteiger partial charge is 0.158 e. The van der Waals surface area contributed by atoms with Gasteiger partial charge in [0.1, 0.15) is 0 Å². The minimum Gasteiger partial charge on any atom is -0.392 e. The third-order valence-electron chi connectivity index (χ3n) is 4.16. The zero-order valence-electron chi connectivity index (χ0n) is 16.8. The second kappa shape index (κ2) is 15.3. The Morgan fingerprint density at radius 3 is 1.77 bits per heavy atom. The molecule has 0 radical (unpaired) electrons. The predicted molar refractivity (Wildman–Crippen MR) is 104 cm³/mol. The molecule has 0 saturated carbocycles. The number of hydrogen-bond acceptors (Lipinski definition) is 5. The molecule has 2 aliphatic rings. The van der Waals surface area contributed by atoms with Gasteiger partial charge in [-0.2, -0.15) is 0 Å². The molecule has 5 heteroatoms. The van der Waals surface area contributed by atoms with Crippen LogP contribution in [0.4, 0.5) is 0 Å². The largest absolute Gasteiger partial charge is 0.392 e. The van der Waals surface area contributed by atoms with Crippen molar-refractivity contribution in [2.45, 2.75) is 90.5 Å². The van der Waals surface area contributed by atoms with Gasteiger partial charge >= 0.3 is 0 Å². The molecule has 0 amide bonds. The number of hydrogen-bond donors (Lipinski definition) is 1. The lowest BCUT2D eigenvalue weighted by atomic mass is 10.2. The van der Waals surface area contributed by atoms with Crippen LogP contribution in [0.2, 0.25) is 0 Å². The highest BCUT2D eigenvalue weighted by atomic mass is 16.7. The Balaban J connectivity index is 0.000000260. The van der Waals surface area contributed by atoms with Gasteiger partial charge in [-0.25, -0.2) is 0 Å². The van der Waals surface area contributed by atoms with Gasteiger partial charge in [0.2, 0.25) is 0 Å². The molecule has 1 N–H and O–H groups in total. The molecule has 26 heavy (non-hydrogen) atoms. The molecule has 2 fully saturated rings. The van der Waals surface area contributed by atoms with Gasteiger partial charge in [-0.05, 0) is 58.8 Å². The zero-order chi connectivity index (χ0) is 19.0. The van der Waals surface area contributed by atoms with Crippen LogP contribution in [0.3, 0.4) is 0 Å². The summed E-state index contributed by atoms with van der Waals surface area (Å²) in [6.07, 6.45) is 15.8. The summed E-state index contributed by atoms with van der Waals surface area (Å²) in [6, 6.07) is 0. The first-order chi connectivity index (χ1) is 12.7. The predicted octanol–water partition coefficient (Wildman–Crippen LogP) is 4.35. The quantitative estimate of drug-likeness (QED) is 0.644. The van der Waals surface area contributed by atoms with Crippen molar-refractivity contribution in [1.29, 1.82) is 0 Å². The van der Waals surface area contributed by atoms with Crippen molar-refractivity contribution in [2.24, 2.45) is 0 Å². The highest BCUT2D eigenvalue weighted by molar-refractivity contribution is 4.87. The SMILES string of the molecule is CC/C=C\[C@H](C)OC1CCCCO1.C[C@@H](/C=C\CO)OC1CCCCO1. The molecule has 0 bridgehead atoms. The maximum absolute atomic E-state index is 8.55. The van der Waals surface area contributed by atoms with Gasteiger partial charge in [-0.1, -0.05) is 31.2 Å². The molecular formula is C21H38O5. The van der Waals surface area contributed by atoms with E-state index >= 15 is 0 Å². The molecule has 2 aliphatic heterocycles. The lowest BCUT2D eigenvalue weighted by Gasteiger charge is -2.24. The van der Waals surface area contributed by atoms with E-state index in [2.05, 4.69) is 26.0 Å². The summed E-state index contributed by atoms with van der Waals surface area (Å²) in [6.45, 7) is 7.86. The lowest BCUT2D eigenvalue weighted by molar-refractivity contribution is -0.175. The van der Waals surface area contributed by atoms with Gasteiger partial charge in [-0.3, -0.25) is 0 Å². The Morgan fingerprint density at radius 1 is 0.885 bits per heavy atom. The van der Waals surface area contributed by atoms with Crippen molar-refractivity contribution in [3.8, 4) is 0 Å². The van der Waals surface area contributed by atoms with Gasteiger partial charge in [0.05, 0.1) is 18.8 Å². The summed E-state index contributed by atoms with van der Waals surface area (Å²) in [5, 5.41) is 8.55. The molecule has 5 nitrogen and oxygen atoms in total. The normalized spacial score (nSPS) is 26.5. The Bertz CT molecular complexity index is 335. The average Bonchev–Trinajstić information content (AvgIpc) is 2.67. The molecule has 2 saturated heterocycles. The molecule has 0 aromatic carbocycles. The van der Waals surface area contributed by atoms with Gasteiger partial charge < -0.3 is 24.1 Å². The van der Waals surface area contributed by atoms with E-state index in [0.29, 0.717) is 0 Å². The molecule has 0 aliphatic carbocycles. The van der Waals surface area contributed by atoms with Crippen molar-refractivity contribution in [2.75, 3.05) is 19.8 Å². The van der Waals surface area contributed by atoms with E-state index in [-0.39, 0.29) is 31.4 Å². The maximum Gasteiger partial charge on any atom is 0.158 e. The van der Waals surface area contributed by atoms with Crippen LogP contribution in [0.1, 0.15) is 65.7 Å². The van der Waals surface area contributed by atoms with Crippen LogP contribution in [-0.2, 0) is 18.9 Å².